The van der Waals surface area contributed by atoms with Crippen LogP contribution in [-0.2, 0) is 9.53 Å². The Labute approximate surface area is 115 Å². The minimum Gasteiger partial charge on any atom is -0.492 e. The molecule has 7 heteroatoms. The third-order valence-electron chi connectivity index (χ3n) is 2.05. The van der Waals surface area contributed by atoms with Gasteiger partial charge in [-0.1, -0.05) is 6.07 Å². The van der Waals surface area contributed by atoms with E-state index >= 15 is 0 Å². The topological polar surface area (TPSA) is 78.7 Å². The Morgan fingerprint density at radius 1 is 1.47 bits per heavy atom. The smallest absolute Gasteiger partial charge is 0.315 e. The summed E-state index contributed by atoms with van der Waals surface area (Å²) in [7, 11) is 0. The van der Waals surface area contributed by atoms with E-state index in [1.54, 1.807) is 19.1 Å². The number of esters is 1. The number of hydrogen-bond donors (Lipinski definition) is 0. The number of benzene rings is 1. The first-order valence-corrected chi connectivity index (χ1v) is 6.89. The maximum atomic E-state index is 11.0. The molecule has 0 N–H and O–H groups in total. The van der Waals surface area contributed by atoms with Gasteiger partial charge in [0, 0.05) is 11.8 Å². The van der Waals surface area contributed by atoms with Crippen molar-refractivity contribution >= 4 is 23.4 Å². The molecule has 0 unspecified atom stereocenters. The fourth-order valence-electron chi connectivity index (χ4n) is 1.26. The summed E-state index contributed by atoms with van der Waals surface area (Å²) >= 11 is 1.40. The average molecular weight is 285 g/mol. The minimum absolute atomic E-state index is 0.00308. The van der Waals surface area contributed by atoms with Crippen LogP contribution in [0, 0.1) is 10.1 Å². The summed E-state index contributed by atoms with van der Waals surface area (Å²) < 4.78 is 10.1. The third-order valence-corrected chi connectivity index (χ3v) is 2.95. The fourth-order valence-corrected chi connectivity index (χ4v) is 1.86. The number of hydrogen-bond acceptors (Lipinski definition) is 6. The van der Waals surface area contributed by atoms with Crippen LogP contribution in [0.1, 0.15) is 6.92 Å². The Kier molecular flexibility index (Phi) is 6.73. The maximum absolute atomic E-state index is 11.0. The molecule has 0 heterocycles. The molecular weight excluding hydrogens is 270 g/mol. The molecule has 0 saturated heterocycles. The molecule has 0 amide bonds. The van der Waals surface area contributed by atoms with E-state index in [0.717, 1.165) is 0 Å². The lowest BCUT2D eigenvalue weighted by Crippen LogP contribution is -2.09. The number of ether oxygens (including phenoxy) is 2. The van der Waals surface area contributed by atoms with E-state index in [4.69, 9.17) is 9.47 Å². The highest BCUT2D eigenvalue weighted by Gasteiger charge is 2.06. The second-order valence-corrected chi connectivity index (χ2v) is 4.57. The molecule has 0 saturated carbocycles. The molecule has 19 heavy (non-hydrogen) atoms. The zero-order chi connectivity index (χ0) is 14.1. The van der Waals surface area contributed by atoms with E-state index in [0.29, 0.717) is 24.7 Å². The first kappa shape index (κ1) is 15.3. The number of rotatable bonds is 8. The maximum Gasteiger partial charge on any atom is 0.315 e. The number of nitro groups is 1. The summed E-state index contributed by atoms with van der Waals surface area (Å²) in [5.74, 6) is 1.10. The molecule has 0 aliphatic rings. The number of thioether (sulfide) groups is 1. The fraction of sp³-hybridized carbons (Fsp3) is 0.417. The van der Waals surface area contributed by atoms with Crippen molar-refractivity contribution < 1.29 is 19.2 Å². The van der Waals surface area contributed by atoms with Crippen LogP contribution in [0.4, 0.5) is 5.69 Å². The van der Waals surface area contributed by atoms with Crippen molar-refractivity contribution in [3.8, 4) is 5.75 Å². The zero-order valence-electron chi connectivity index (χ0n) is 10.5. The van der Waals surface area contributed by atoms with Gasteiger partial charge in [-0.2, -0.15) is 0 Å². The molecule has 0 spiro atoms. The van der Waals surface area contributed by atoms with Crippen molar-refractivity contribution in [1.82, 2.24) is 0 Å². The van der Waals surface area contributed by atoms with Gasteiger partial charge >= 0.3 is 5.97 Å². The highest BCUT2D eigenvalue weighted by Crippen LogP contribution is 2.19. The van der Waals surface area contributed by atoms with E-state index in [-0.39, 0.29) is 17.4 Å². The number of carbonyl (C=O) groups excluding carboxylic acids is 1. The van der Waals surface area contributed by atoms with Crippen molar-refractivity contribution in [2.75, 3.05) is 24.7 Å². The lowest BCUT2D eigenvalue weighted by molar-refractivity contribution is -0.384. The molecule has 6 nitrogen and oxygen atoms in total. The van der Waals surface area contributed by atoms with Crippen LogP contribution in [0.5, 0.6) is 5.75 Å². The minimum atomic E-state index is -0.470. The lowest BCUT2D eigenvalue weighted by atomic mass is 10.3. The summed E-state index contributed by atoms with van der Waals surface area (Å²) in [6, 6.07) is 6.00. The standard InChI is InChI=1S/C12H15NO5S/c1-2-17-12(14)9-19-7-6-18-11-5-3-4-10(8-11)13(15)16/h3-5,8H,2,6-7,9H2,1H3. The summed E-state index contributed by atoms with van der Waals surface area (Å²) in [4.78, 5) is 21.1. The average Bonchev–Trinajstić information content (AvgIpc) is 2.39. The largest absolute Gasteiger partial charge is 0.492 e. The van der Waals surface area contributed by atoms with Crippen LogP contribution in [0.15, 0.2) is 24.3 Å². The highest BCUT2D eigenvalue weighted by atomic mass is 32.2. The van der Waals surface area contributed by atoms with E-state index < -0.39 is 4.92 Å². The Bertz CT molecular complexity index is 438. The van der Waals surface area contributed by atoms with Crippen LogP contribution in [0.3, 0.4) is 0 Å². The van der Waals surface area contributed by atoms with Gasteiger partial charge in [-0.3, -0.25) is 14.9 Å². The van der Waals surface area contributed by atoms with Gasteiger partial charge in [-0.25, -0.2) is 0 Å². The van der Waals surface area contributed by atoms with E-state index in [2.05, 4.69) is 0 Å². The molecule has 1 aromatic rings. The number of nitrogens with zero attached hydrogens (tertiary/aromatic N) is 1. The molecule has 0 aliphatic carbocycles. The van der Waals surface area contributed by atoms with Crippen molar-refractivity contribution in [3.63, 3.8) is 0 Å². The number of non-ortho nitro benzene ring substituents is 1. The van der Waals surface area contributed by atoms with Gasteiger partial charge in [0.05, 0.1) is 30.0 Å². The Balaban J connectivity index is 2.24. The Hall–Kier alpha value is -1.76. The van der Waals surface area contributed by atoms with Gasteiger partial charge in [0.2, 0.25) is 0 Å². The molecule has 1 aromatic carbocycles. The van der Waals surface area contributed by atoms with Crippen LogP contribution >= 0.6 is 11.8 Å². The van der Waals surface area contributed by atoms with Gasteiger partial charge in [-0.15, -0.1) is 11.8 Å². The normalized spacial score (nSPS) is 9.95. The Morgan fingerprint density at radius 2 is 2.26 bits per heavy atom. The molecule has 104 valence electrons. The van der Waals surface area contributed by atoms with Gasteiger partial charge in [0.15, 0.2) is 0 Å². The quantitative estimate of drug-likeness (QED) is 0.315. The van der Waals surface area contributed by atoms with Crippen molar-refractivity contribution in [3.05, 3.63) is 34.4 Å². The third kappa shape index (κ3) is 6.10. The zero-order valence-corrected chi connectivity index (χ0v) is 11.4. The van der Waals surface area contributed by atoms with Gasteiger partial charge in [0.25, 0.3) is 5.69 Å². The number of carbonyl (C=O) groups is 1. The summed E-state index contributed by atoms with van der Waals surface area (Å²) in [6.07, 6.45) is 0. The summed E-state index contributed by atoms with van der Waals surface area (Å²) in [5.41, 5.74) is -0.00308. The Morgan fingerprint density at radius 3 is 2.95 bits per heavy atom. The van der Waals surface area contributed by atoms with Crippen LogP contribution < -0.4 is 4.74 Å². The van der Waals surface area contributed by atoms with Gasteiger partial charge in [0.1, 0.15) is 5.75 Å². The predicted octanol–water partition coefficient (Wildman–Crippen LogP) is 2.27. The van der Waals surface area contributed by atoms with Crippen molar-refractivity contribution in [2.45, 2.75) is 6.92 Å². The summed E-state index contributed by atoms with van der Waals surface area (Å²) in [5, 5.41) is 10.6. The molecule has 1 rings (SSSR count). The van der Waals surface area contributed by atoms with E-state index in [1.807, 2.05) is 0 Å². The molecule has 0 atom stereocenters. The second kappa shape index (κ2) is 8.36. The SMILES string of the molecule is CCOC(=O)CSCCOc1cccc([N+](=O)[O-])c1. The molecule has 0 aromatic heterocycles. The highest BCUT2D eigenvalue weighted by molar-refractivity contribution is 7.99. The van der Waals surface area contributed by atoms with E-state index in [1.165, 1.54) is 23.9 Å². The summed E-state index contributed by atoms with van der Waals surface area (Å²) in [6.45, 7) is 2.52. The lowest BCUT2D eigenvalue weighted by Gasteiger charge is -2.05. The van der Waals surface area contributed by atoms with Crippen LogP contribution in [0.25, 0.3) is 0 Å². The monoisotopic (exact) mass is 285 g/mol. The van der Waals surface area contributed by atoms with Crippen LogP contribution in [-0.4, -0.2) is 35.6 Å². The van der Waals surface area contributed by atoms with E-state index in [9.17, 15) is 14.9 Å². The van der Waals surface area contributed by atoms with Crippen LogP contribution in [0.2, 0.25) is 0 Å². The van der Waals surface area contributed by atoms with Crippen molar-refractivity contribution in [2.24, 2.45) is 0 Å². The second-order valence-electron chi connectivity index (χ2n) is 3.46. The molecular formula is C12H15NO5S. The number of nitro benzene ring substituents is 1. The molecule has 0 radical (unpaired) electrons. The van der Waals surface area contributed by atoms with Gasteiger partial charge < -0.3 is 9.47 Å². The predicted molar refractivity (Wildman–Crippen MR) is 72.5 cm³/mol. The molecule has 0 fully saturated rings. The first-order valence-electron chi connectivity index (χ1n) is 5.74. The molecule has 0 bridgehead atoms. The van der Waals surface area contributed by atoms with Crippen molar-refractivity contribution in [1.29, 1.82) is 0 Å². The first-order chi connectivity index (χ1) is 9.13. The van der Waals surface area contributed by atoms with Gasteiger partial charge in [-0.05, 0) is 13.0 Å². The molecule has 0 aliphatic heterocycles.